The number of hydrogen-bond donors (Lipinski definition) is 2. The van der Waals surface area contributed by atoms with Gasteiger partial charge in [0.2, 0.25) is 0 Å². The van der Waals surface area contributed by atoms with E-state index in [-0.39, 0.29) is 6.61 Å². The summed E-state index contributed by atoms with van der Waals surface area (Å²) in [5, 5.41) is 8.86. The molecule has 98 valence electrons. The third-order valence-electron chi connectivity index (χ3n) is 2.01. The van der Waals surface area contributed by atoms with Crippen LogP contribution in [0.5, 0.6) is 0 Å². The van der Waals surface area contributed by atoms with Gasteiger partial charge in [0.1, 0.15) is 0 Å². The minimum atomic E-state index is -4.52. The molecule has 0 spiro atoms. The standard InChI is InChI=1S/C10H10O7S/c1-2-17-10(13)8-5-6(18(14,15)16)3-4-7(8)9(11)12/h3-5H,2H2,1H3,(H,11,12)(H,14,15,16). The van der Waals surface area contributed by atoms with E-state index in [9.17, 15) is 18.0 Å². The van der Waals surface area contributed by atoms with Crippen LogP contribution in [0.25, 0.3) is 0 Å². The number of esters is 1. The zero-order valence-electron chi connectivity index (χ0n) is 9.28. The maximum Gasteiger partial charge on any atom is 0.339 e. The Balaban J connectivity index is 3.42. The molecule has 0 heterocycles. The Morgan fingerprint density at radius 3 is 2.33 bits per heavy atom. The van der Waals surface area contributed by atoms with E-state index in [2.05, 4.69) is 4.74 Å². The van der Waals surface area contributed by atoms with Crippen molar-refractivity contribution >= 4 is 22.1 Å². The van der Waals surface area contributed by atoms with Crippen molar-refractivity contribution in [3.63, 3.8) is 0 Å². The quantitative estimate of drug-likeness (QED) is 0.616. The van der Waals surface area contributed by atoms with Gasteiger partial charge in [0, 0.05) is 0 Å². The average molecular weight is 274 g/mol. The number of ether oxygens (including phenoxy) is 1. The fourth-order valence-corrected chi connectivity index (χ4v) is 1.75. The van der Waals surface area contributed by atoms with Crippen LogP contribution in [0.2, 0.25) is 0 Å². The SMILES string of the molecule is CCOC(=O)c1cc(S(=O)(=O)O)ccc1C(=O)O. The highest BCUT2D eigenvalue weighted by Crippen LogP contribution is 2.17. The summed E-state index contributed by atoms with van der Waals surface area (Å²) in [5.74, 6) is -2.37. The maximum absolute atomic E-state index is 11.5. The number of aromatic carboxylic acids is 1. The molecule has 1 rings (SSSR count). The van der Waals surface area contributed by atoms with Crippen molar-refractivity contribution < 1.29 is 32.4 Å². The third kappa shape index (κ3) is 3.05. The van der Waals surface area contributed by atoms with Gasteiger partial charge in [-0.3, -0.25) is 4.55 Å². The van der Waals surface area contributed by atoms with Gasteiger partial charge < -0.3 is 9.84 Å². The van der Waals surface area contributed by atoms with Crippen LogP contribution in [0, 0.1) is 0 Å². The van der Waals surface area contributed by atoms with Gasteiger partial charge >= 0.3 is 11.9 Å². The summed E-state index contributed by atoms with van der Waals surface area (Å²) >= 11 is 0. The van der Waals surface area contributed by atoms with E-state index in [1.807, 2.05) is 0 Å². The summed E-state index contributed by atoms with van der Waals surface area (Å²) in [6.45, 7) is 1.53. The molecule has 0 aromatic heterocycles. The van der Waals surface area contributed by atoms with Crippen LogP contribution in [0.3, 0.4) is 0 Å². The van der Waals surface area contributed by atoms with Crippen molar-refractivity contribution in [2.24, 2.45) is 0 Å². The lowest BCUT2D eigenvalue weighted by Gasteiger charge is -2.07. The van der Waals surface area contributed by atoms with E-state index in [0.29, 0.717) is 0 Å². The first-order valence-electron chi connectivity index (χ1n) is 4.79. The number of benzene rings is 1. The molecule has 8 heteroatoms. The molecule has 18 heavy (non-hydrogen) atoms. The fraction of sp³-hybridized carbons (Fsp3) is 0.200. The van der Waals surface area contributed by atoms with Gasteiger partial charge in [0.15, 0.2) is 0 Å². The van der Waals surface area contributed by atoms with Gasteiger partial charge in [-0.15, -0.1) is 0 Å². The lowest BCUT2D eigenvalue weighted by atomic mass is 10.1. The van der Waals surface area contributed by atoms with Crippen LogP contribution in [0.15, 0.2) is 23.1 Å². The summed E-state index contributed by atoms with van der Waals surface area (Å²) in [7, 11) is -4.52. The molecular formula is C10H10O7S. The van der Waals surface area contributed by atoms with Gasteiger partial charge in [-0.1, -0.05) is 0 Å². The first-order chi connectivity index (χ1) is 8.27. The van der Waals surface area contributed by atoms with Crippen molar-refractivity contribution in [3.8, 4) is 0 Å². The smallest absolute Gasteiger partial charge is 0.339 e. The molecule has 0 aliphatic carbocycles. The molecule has 0 radical (unpaired) electrons. The molecule has 0 bridgehead atoms. The molecule has 0 saturated carbocycles. The van der Waals surface area contributed by atoms with E-state index in [0.717, 1.165) is 18.2 Å². The fourth-order valence-electron chi connectivity index (χ4n) is 1.25. The van der Waals surface area contributed by atoms with Gasteiger partial charge in [-0.25, -0.2) is 9.59 Å². The van der Waals surface area contributed by atoms with E-state index >= 15 is 0 Å². The number of carbonyl (C=O) groups is 2. The van der Waals surface area contributed by atoms with Crippen molar-refractivity contribution in [2.75, 3.05) is 6.61 Å². The Kier molecular flexibility index (Phi) is 4.04. The number of rotatable bonds is 4. The van der Waals surface area contributed by atoms with Crippen molar-refractivity contribution in [3.05, 3.63) is 29.3 Å². The first kappa shape index (κ1) is 14.1. The highest BCUT2D eigenvalue weighted by molar-refractivity contribution is 7.85. The molecule has 0 aliphatic heterocycles. The van der Waals surface area contributed by atoms with Gasteiger partial charge in [0.25, 0.3) is 10.1 Å². The number of carboxylic acid groups (broad SMARTS) is 1. The number of hydrogen-bond acceptors (Lipinski definition) is 5. The van der Waals surface area contributed by atoms with Crippen molar-refractivity contribution in [2.45, 2.75) is 11.8 Å². The second-order valence-electron chi connectivity index (χ2n) is 3.21. The maximum atomic E-state index is 11.5. The van der Waals surface area contributed by atoms with Crippen molar-refractivity contribution in [1.82, 2.24) is 0 Å². The van der Waals surface area contributed by atoms with Crippen LogP contribution in [0.1, 0.15) is 27.6 Å². The van der Waals surface area contributed by atoms with Gasteiger partial charge in [-0.05, 0) is 25.1 Å². The summed E-state index contributed by atoms with van der Waals surface area (Å²) < 4.78 is 35.2. The van der Waals surface area contributed by atoms with Crippen LogP contribution in [-0.4, -0.2) is 36.6 Å². The monoisotopic (exact) mass is 274 g/mol. The largest absolute Gasteiger partial charge is 0.478 e. The van der Waals surface area contributed by atoms with Crippen LogP contribution >= 0.6 is 0 Å². The normalized spacial score (nSPS) is 11.0. The van der Waals surface area contributed by atoms with Gasteiger partial charge in [-0.2, -0.15) is 8.42 Å². The average Bonchev–Trinajstić information content (AvgIpc) is 2.27. The molecule has 2 N–H and O–H groups in total. The zero-order chi connectivity index (χ0) is 13.9. The molecule has 0 atom stereocenters. The molecule has 1 aromatic carbocycles. The predicted octanol–water partition coefficient (Wildman–Crippen LogP) is 0.808. The molecule has 0 saturated heterocycles. The Hall–Kier alpha value is -1.93. The summed E-state index contributed by atoms with van der Waals surface area (Å²) in [5.41, 5.74) is -0.833. The van der Waals surface area contributed by atoms with Crippen molar-refractivity contribution in [1.29, 1.82) is 0 Å². The summed E-state index contributed by atoms with van der Waals surface area (Å²) in [4.78, 5) is 21.8. The summed E-state index contributed by atoms with van der Waals surface area (Å²) in [6.07, 6.45) is 0. The Labute approximate surface area is 103 Å². The van der Waals surface area contributed by atoms with Crippen LogP contribution < -0.4 is 0 Å². The lowest BCUT2D eigenvalue weighted by Crippen LogP contribution is -2.13. The van der Waals surface area contributed by atoms with E-state index in [1.54, 1.807) is 0 Å². The predicted molar refractivity (Wildman–Crippen MR) is 59.2 cm³/mol. The van der Waals surface area contributed by atoms with Crippen LogP contribution in [0.4, 0.5) is 0 Å². The Bertz CT molecular complexity index is 588. The highest BCUT2D eigenvalue weighted by Gasteiger charge is 2.21. The second kappa shape index (κ2) is 5.15. The minimum absolute atomic E-state index is 0.00793. The Morgan fingerprint density at radius 2 is 1.89 bits per heavy atom. The molecule has 0 amide bonds. The molecule has 7 nitrogen and oxygen atoms in total. The third-order valence-corrected chi connectivity index (χ3v) is 2.86. The first-order valence-corrected chi connectivity index (χ1v) is 6.23. The molecule has 0 unspecified atom stereocenters. The molecule has 0 aliphatic rings. The lowest BCUT2D eigenvalue weighted by molar-refractivity contribution is 0.0514. The highest BCUT2D eigenvalue weighted by atomic mass is 32.2. The Morgan fingerprint density at radius 1 is 1.28 bits per heavy atom. The molecule has 0 fully saturated rings. The van der Waals surface area contributed by atoms with E-state index in [4.69, 9.17) is 9.66 Å². The van der Waals surface area contributed by atoms with Gasteiger partial charge in [0.05, 0.1) is 22.6 Å². The number of carboxylic acids is 1. The van der Waals surface area contributed by atoms with Crippen LogP contribution in [-0.2, 0) is 14.9 Å². The second-order valence-corrected chi connectivity index (χ2v) is 4.63. The molecule has 1 aromatic rings. The van der Waals surface area contributed by atoms with E-state index < -0.39 is 38.1 Å². The number of carbonyl (C=O) groups excluding carboxylic acids is 1. The molecular weight excluding hydrogens is 264 g/mol. The topological polar surface area (TPSA) is 118 Å². The zero-order valence-corrected chi connectivity index (χ0v) is 10.1. The minimum Gasteiger partial charge on any atom is -0.478 e. The van der Waals surface area contributed by atoms with E-state index in [1.165, 1.54) is 6.92 Å². The summed E-state index contributed by atoms with van der Waals surface area (Å²) in [6, 6.07) is 2.57.